The van der Waals surface area contributed by atoms with E-state index < -0.39 is 0 Å². The minimum Gasteiger partial charge on any atom is -0.396 e. The monoisotopic (exact) mass is 222 g/mol. The molecule has 2 rings (SSSR count). The molecule has 0 aromatic heterocycles. The molecule has 1 heterocycles. The fraction of sp³-hybridized carbons (Fsp3) is 0.455. The molecule has 1 aliphatic heterocycles. The lowest BCUT2D eigenvalue weighted by Gasteiger charge is -2.20. The number of carbonyl (C=O) groups excluding carboxylic acids is 2. The number of nitrogens with two attached hydrogens (primary N) is 1. The van der Waals surface area contributed by atoms with Gasteiger partial charge in [0.25, 0.3) is 0 Å². The summed E-state index contributed by atoms with van der Waals surface area (Å²) in [5.74, 6) is -0.494. The average Bonchev–Trinajstić information content (AvgIpc) is 3.07. The third-order valence-corrected chi connectivity index (χ3v) is 2.89. The number of carbonyl (C=O) groups is 2. The van der Waals surface area contributed by atoms with Crippen LogP contribution in [-0.4, -0.2) is 41.3 Å². The zero-order valence-corrected chi connectivity index (χ0v) is 9.12. The Hall–Kier alpha value is -1.62. The van der Waals surface area contributed by atoms with Gasteiger partial charge in [-0.2, -0.15) is 0 Å². The first kappa shape index (κ1) is 10.9. The van der Waals surface area contributed by atoms with E-state index in [1.807, 2.05) is 4.90 Å². The Bertz CT molecular complexity index is 431. The summed E-state index contributed by atoms with van der Waals surface area (Å²) < 4.78 is 0. The lowest BCUT2D eigenvalue weighted by molar-refractivity contribution is -0.117. The van der Waals surface area contributed by atoms with Crippen molar-refractivity contribution in [3.05, 3.63) is 22.5 Å². The molecular formula is C11H14N2O3. The van der Waals surface area contributed by atoms with Crippen molar-refractivity contribution >= 4 is 11.6 Å². The van der Waals surface area contributed by atoms with Crippen LogP contribution in [0, 0.1) is 0 Å². The summed E-state index contributed by atoms with van der Waals surface area (Å²) in [4.78, 5) is 25.7. The maximum absolute atomic E-state index is 12.0. The first-order chi connectivity index (χ1) is 7.57. The van der Waals surface area contributed by atoms with Gasteiger partial charge in [0.05, 0.1) is 11.4 Å². The van der Waals surface area contributed by atoms with Crippen molar-refractivity contribution in [2.24, 2.45) is 5.73 Å². The van der Waals surface area contributed by atoms with Gasteiger partial charge in [0.2, 0.25) is 11.6 Å². The standard InChI is InChI=1S/C11H14N2O3/c1-6-8(12)11(16)7(2-5-14)9(10(6)15)13-3-4-13/h14H,2-5,12H2,1H3. The predicted octanol–water partition coefficient (Wildman–Crippen LogP) is -0.677. The third-order valence-electron chi connectivity index (χ3n) is 2.89. The van der Waals surface area contributed by atoms with Gasteiger partial charge in [-0.15, -0.1) is 0 Å². The van der Waals surface area contributed by atoms with Crippen LogP contribution in [0.15, 0.2) is 22.5 Å². The van der Waals surface area contributed by atoms with Gasteiger partial charge in [0, 0.05) is 37.3 Å². The minimum atomic E-state index is -0.312. The smallest absolute Gasteiger partial charge is 0.207 e. The fourth-order valence-electron chi connectivity index (χ4n) is 1.83. The molecule has 3 N–H and O–H groups in total. The summed E-state index contributed by atoms with van der Waals surface area (Å²) in [6.45, 7) is 2.99. The maximum Gasteiger partial charge on any atom is 0.207 e. The highest BCUT2D eigenvalue weighted by Crippen LogP contribution is 2.29. The van der Waals surface area contributed by atoms with Gasteiger partial charge in [0.1, 0.15) is 0 Å². The molecule has 16 heavy (non-hydrogen) atoms. The molecule has 0 saturated carbocycles. The summed E-state index contributed by atoms with van der Waals surface area (Å²) in [6.07, 6.45) is 0.185. The SMILES string of the molecule is CC1=C(N)C(=O)C(CCO)=C(N2CC2)C1=O. The first-order valence-electron chi connectivity index (χ1n) is 5.22. The molecule has 0 aromatic rings. The molecule has 1 aliphatic carbocycles. The van der Waals surface area contributed by atoms with Crippen LogP contribution >= 0.6 is 0 Å². The van der Waals surface area contributed by atoms with Crippen molar-refractivity contribution in [2.45, 2.75) is 13.3 Å². The predicted molar refractivity (Wildman–Crippen MR) is 57.2 cm³/mol. The van der Waals surface area contributed by atoms with E-state index in [9.17, 15) is 9.59 Å². The zero-order chi connectivity index (χ0) is 11.9. The molecule has 0 bridgehead atoms. The number of Topliss-reactive ketones (excluding diaryl/α,β-unsaturated/α-hetero) is 2. The van der Waals surface area contributed by atoms with E-state index in [1.54, 1.807) is 6.92 Å². The van der Waals surface area contributed by atoms with Crippen LogP contribution in [0.2, 0.25) is 0 Å². The number of ketones is 2. The molecule has 0 radical (unpaired) electrons. The molecule has 0 amide bonds. The summed E-state index contributed by atoms with van der Waals surface area (Å²) in [7, 11) is 0. The molecule has 0 atom stereocenters. The van der Waals surface area contributed by atoms with Crippen molar-refractivity contribution in [2.75, 3.05) is 19.7 Å². The number of rotatable bonds is 3. The number of nitrogens with zero attached hydrogens (tertiary/aromatic N) is 1. The Morgan fingerprint density at radius 3 is 2.44 bits per heavy atom. The summed E-state index contributed by atoms with van der Waals surface area (Å²) in [5.41, 5.74) is 6.71. The largest absolute Gasteiger partial charge is 0.396 e. The zero-order valence-electron chi connectivity index (χ0n) is 9.12. The average molecular weight is 222 g/mol. The lowest BCUT2D eigenvalue weighted by atomic mass is 9.90. The molecular weight excluding hydrogens is 208 g/mol. The minimum absolute atomic E-state index is 0.0130. The summed E-state index contributed by atoms with van der Waals surface area (Å²) in [6, 6.07) is 0. The molecule has 5 heteroatoms. The van der Waals surface area contributed by atoms with Crippen LogP contribution in [0.25, 0.3) is 0 Å². The van der Waals surface area contributed by atoms with Gasteiger partial charge < -0.3 is 15.7 Å². The van der Waals surface area contributed by atoms with E-state index in [0.717, 1.165) is 13.1 Å². The Kier molecular flexibility index (Phi) is 2.55. The van der Waals surface area contributed by atoms with Crippen molar-refractivity contribution in [3.8, 4) is 0 Å². The molecule has 0 aromatic carbocycles. The summed E-state index contributed by atoms with van der Waals surface area (Å²) >= 11 is 0. The molecule has 0 spiro atoms. The van der Waals surface area contributed by atoms with E-state index >= 15 is 0 Å². The molecule has 5 nitrogen and oxygen atoms in total. The van der Waals surface area contributed by atoms with Gasteiger partial charge in [-0.3, -0.25) is 9.59 Å². The van der Waals surface area contributed by atoms with E-state index in [0.29, 0.717) is 16.8 Å². The third kappa shape index (κ3) is 1.53. The Labute approximate surface area is 93.2 Å². The van der Waals surface area contributed by atoms with Gasteiger partial charge in [0.15, 0.2) is 0 Å². The van der Waals surface area contributed by atoms with Crippen molar-refractivity contribution in [1.29, 1.82) is 0 Å². The summed E-state index contributed by atoms with van der Waals surface area (Å²) in [5, 5.41) is 8.92. The highest BCUT2D eigenvalue weighted by Gasteiger charge is 2.37. The van der Waals surface area contributed by atoms with E-state index in [2.05, 4.69) is 0 Å². The normalized spacial score (nSPS) is 21.0. The van der Waals surface area contributed by atoms with Gasteiger partial charge >= 0.3 is 0 Å². The lowest BCUT2D eigenvalue weighted by Crippen LogP contribution is -2.30. The Balaban J connectivity index is 2.47. The van der Waals surface area contributed by atoms with Crippen LogP contribution in [0.4, 0.5) is 0 Å². The highest BCUT2D eigenvalue weighted by atomic mass is 16.3. The number of hydrogen-bond donors (Lipinski definition) is 2. The van der Waals surface area contributed by atoms with Crippen molar-refractivity contribution in [3.63, 3.8) is 0 Å². The fourth-order valence-corrected chi connectivity index (χ4v) is 1.83. The molecule has 2 aliphatic rings. The van der Waals surface area contributed by atoms with Gasteiger partial charge in [-0.1, -0.05) is 0 Å². The molecule has 86 valence electrons. The maximum atomic E-state index is 12.0. The van der Waals surface area contributed by atoms with Crippen LogP contribution in [0.1, 0.15) is 13.3 Å². The first-order valence-corrected chi connectivity index (χ1v) is 5.22. The molecule has 0 unspecified atom stereocenters. The number of aliphatic hydroxyl groups excluding tert-OH is 1. The number of aliphatic hydroxyl groups is 1. The Morgan fingerprint density at radius 2 is 1.94 bits per heavy atom. The van der Waals surface area contributed by atoms with Crippen molar-refractivity contribution < 1.29 is 14.7 Å². The van der Waals surface area contributed by atoms with Crippen LogP contribution < -0.4 is 5.73 Å². The van der Waals surface area contributed by atoms with E-state index in [-0.39, 0.29) is 30.3 Å². The van der Waals surface area contributed by atoms with Gasteiger partial charge in [-0.05, 0) is 6.92 Å². The van der Waals surface area contributed by atoms with Crippen LogP contribution in [-0.2, 0) is 9.59 Å². The number of hydrogen-bond acceptors (Lipinski definition) is 5. The van der Waals surface area contributed by atoms with Crippen LogP contribution in [0.3, 0.4) is 0 Å². The van der Waals surface area contributed by atoms with E-state index in [4.69, 9.17) is 10.8 Å². The Morgan fingerprint density at radius 1 is 1.31 bits per heavy atom. The van der Waals surface area contributed by atoms with Gasteiger partial charge in [-0.25, -0.2) is 0 Å². The number of allylic oxidation sites excluding steroid dienone is 2. The molecule has 1 saturated heterocycles. The second-order valence-corrected chi connectivity index (χ2v) is 3.98. The second-order valence-electron chi connectivity index (χ2n) is 3.98. The highest BCUT2D eigenvalue weighted by molar-refractivity contribution is 6.24. The quantitative estimate of drug-likeness (QED) is 0.488. The van der Waals surface area contributed by atoms with Crippen LogP contribution in [0.5, 0.6) is 0 Å². The topological polar surface area (TPSA) is 83.4 Å². The second kappa shape index (κ2) is 3.75. The van der Waals surface area contributed by atoms with Crippen molar-refractivity contribution in [1.82, 2.24) is 4.90 Å². The molecule has 1 fully saturated rings. The van der Waals surface area contributed by atoms with E-state index in [1.165, 1.54) is 0 Å².